The highest BCUT2D eigenvalue weighted by atomic mass is 35.5. The first-order chi connectivity index (χ1) is 9.38. The van der Waals surface area contributed by atoms with Gasteiger partial charge in [-0.05, 0) is 41.7 Å². The second-order valence-corrected chi connectivity index (χ2v) is 6.23. The van der Waals surface area contributed by atoms with E-state index >= 15 is 0 Å². The van der Waals surface area contributed by atoms with E-state index in [2.05, 4.69) is 37.9 Å². The molecule has 0 N–H and O–H groups in total. The van der Waals surface area contributed by atoms with Gasteiger partial charge in [0.15, 0.2) is 0 Å². The van der Waals surface area contributed by atoms with Crippen molar-refractivity contribution in [2.24, 2.45) is 0 Å². The molecule has 0 aliphatic rings. The van der Waals surface area contributed by atoms with Crippen molar-refractivity contribution < 1.29 is 4.74 Å². The summed E-state index contributed by atoms with van der Waals surface area (Å²) in [7, 11) is 0. The van der Waals surface area contributed by atoms with Gasteiger partial charge in [0, 0.05) is 17.6 Å². The van der Waals surface area contributed by atoms with Gasteiger partial charge in [0.25, 0.3) is 0 Å². The number of benzene rings is 1. The Hall–Kier alpha value is -1.54. The van der Waals surface area contributed by atoms with Crippen molar-refractivity contribution in [1.29, 1.82) is 0 Å². The monoisotopic (exact) mass is 289 g/mol. The van der Waals surface area contributed by atoms with E-state index in [9.17, 15) is 0 Å². The van der Waals surface area contributed by atoms with Gasteiger partial charge < -0.3 is 4.74 Å². The molecular formula is C17H20ClNO. The highest BCUT2D eigenvalue weighted by Crippen LogP contribution is 2.26. The van der Waals surface area contributed by atoms with Crippen LogP contribution in [0.3, 0.4) is 0 Å². The van der Waals surface area contributed by atoms with Crippen LogP contribution in [0.25, 0.3) is 0 Å². The van der Waals surface area contributed by atoms with Crippen LogP contribution < -0.4 is 4.74 Å². The summed E-state index contributed by atoms with van der Waals surface area (Å²) in [5.41, 5.74) is 3.35. The third-order valence-corrected chi connectivity index (χ3v) is 3.40. The molecule has 0 aliphatic heterocycles. The van der Waals surface area contributed by atoms with Gasteiger partial charge in [0.1, 0.15) is 5.75 Å². The zero-order valence-corrected chi connectivity index (χ0v) is 13.2. The summed E-state index contributed by atoms with van der Waals surface area (Å²) in [5, 5.41) is 0. The number of nitrogens with zero attached hydrogens (tertiary/aromatic N) is 1. The molecule has 0 amide bonds. The fourth-order valence-corrected chi connectivity index (χ4v) is 2.13. The molecule has 1 heterocycles. The van der Waals surface area contributed by atoms with Crippen LogP contribution in [-0.4, -0.2) is 4.98 Å². The molecule has 0 saturated heterocycles. The van der Waals surface area contributed by atoms with Crippen LogP contribution >= 0.6 is 11.6 Å². The van der Waals surface area contributed by atoms with Gasteiger partial charge in [0.05, 0.1) is 0 Å². The Morgan fingerprint density at radius 3 is 2.30 bits per heavy atom. The van der Waals surface area contributed by atoms with Crippen LogP contribution in [0.5, 0.6) is 11.6 Å². The molecule has 0 saturated carbocycles. The van der Waals surface area contributed by atoms with Gasteiger partial charge in [-0.1, -0.05) is 32.9 Å². The third-order valence-electron chi connectivity index (χ3n) is 3.09. The van der Waals surface area contributed by atoms with Crippen molar-refractivity contribution in [2.45, 2.75) is 39.0 Å². The van der Waals surface area contributed by atoms with Crippen LogP contribution in [0.15, 0.2) is 36.4 Å². The average molecular weight is 290 g/mol. The molecule has 0 unspecified atom stereocenters. The number of ether oxygens (including phenoxy) is 1. The molecule has 0 fully saturated rings. The highest BCUT2D eigenvalue weighted by Gasteiger charge is 2.13. The number of rotatable bonds is 3. The second kappa shape index (κ2) is 5.84. The van der Waals surface area contributed by atoms with Crippen molar-refractivity contribution in [1.82, 2.24) is 4.98 Å². The van der Waals surface area contributed by atoms with E-state index < -0.39 is 0 Å². The van der Waals surface area contributed by atoms with E-state index in [-0.39, 0.29) is 5.41 Å². The summed E-state index contributed by atoms with van der Waals surface area (Å²) in [4.78, 5) is 4.37. The van der Waals surface area contributed by atoms with Gasteiger partial charge in [-0.25, -0.2) is 4.98 Å². The lowest BCUT2D eigenvalue weighted by atomic mass is 9.87. The van der Waals surface area contributed by atoms with E-state index in [1.54, 1.807) is 0 Å². The molecule has 106 valence electrons. The number of pyridine rings is 1. The van der Waals surface area contributed by atoms with Crippen molar-refractivity contribution in [2.75, 3.05) is 0 Å². The highest BCUT2D eigenvalue weighted by molar-refractivity contribution is 6.17. The van der Waals surface area contributed by atoms with Crippen LogP contribution in [0.2, 0.25) is 0 Å². The maximum Gasteiger partial charge on any atom is 0.219 e. The van der Waals surface area contributed by atoms with Crippen molar-refractivity contribution in [3.63, 3.8) is 0 Å². The second-order valence-electron chi connectivity index (χ2n) is 5.97. The molecule has 3 heteroatoms. The third kappa shape index (κ3) is 3.73. The SMILES string of the molecule is Cc1cc(CCl)cc(Oc2ccc(C(C)(C)C)cc2)n1. The lowest BCUT2D eigenvalue weighted by Gasteiger charge is -2.19. The zero-order chi connectivity index (χ0) is 14.8. The van der Waals surface area contributed by atoms with Gasteiger partial charge in [-0.15, -0.1) is 11.6 Å². The number of hydrogen-bond acceptors (Lipinski definition) is 2. The number of alkyl halides is 1. The van der Waals surface area contributed by atoms with Crippen molar-refractivity contribution >= 4 is 11.6 Å². The lowest BCUT2D eigenvalue weighted by molar-refractivity contribution is 0.460. The Bertz CT molecular complexity index is 585. The topological polar surface area (TPSA) is 22.1 Å². The van der Waals surface area contributed by atoms with E-state index in [1.165, 1.54) is 5.56 Å². The number of aromatic nitrogens is 1. The summed E-state index contributed by atoms with van der Waals surface area (Å²) in [6.45, 7) is 8.51. The molecule has 0 bridgehead atoms. The predicted octanol–water partition coefficient (Wildman–Crippen LogP) is 5.22. The van der Waals surface area contributed by atoms with E-state index in [4.69, 9.17) is 16.3 Å². The Morgan fingerprint density at radius 2 is 1.75 bits per heavy atom. The minimum Gasteiger partial charge on any atom is -0.439 e. The molecule has 2 rings (SSSR count). The largest absolute Gasteiger partial charge is 0.439 e. The molecule has 0 radical (unpaired) electrons. The molecule has 1 aromatic carbocycles. The Kier molecular flexibility index (Phi) is 4.34. The summed E-state index contributed by atoms with van der Waals surface area (Å²) in [6, 6.07) is 12.0. The van der Waals surface area contributed by atoms with Crippen LogP contribution in [0.1, 0.15) is 37.6 Å². The first-order valence-corrected chi connectivity index (χ1v) is 7.24. The van der Waals surface area contributed by atoms with E-state index in [0.717, 1.165) is 17.0 Å². The van der Waals surface area contributed by atoms with Crippen molar-refractivity contribution in [3.05, 3.63) is 53.2 Å². The maximum atomic E-state index is 5.86. The van der Waals surface area contributed by atoms with Crippen LogP contribution in [0, 0.1) is 6.92 Å². The molecule has 0 atom stereocenters. The van der Waals surface area contributed by atoms with Gasteiger partial charge in [-0.2, -0.15) is 0 Å². The average Bonchev–Trinajstić information content (AvgIpc) is 2.37. The van der Waals surface area contributed by atoms with Gasteiger partial charge >= 0.3 is 0 Å². The molecule has 0 spiro atoms. The Balaban J connectivity index is 2.20. The summed E-state index contributed by atoms with van der Waals surface area (Å²) < 4.78 is 5.80. The first-order valence-electron chi connectivity index (χ1n) is 6.70. The standard InChI is InChI=1S/C17H20ClNO/c1-12-9-13(11-18)10-16(19-12)20-15-7-5-14(6-8-15)17(2,3)4/h5-10H,11H2,1-4H3. The Morgan fingerprint density at radius 1 is 1.10 bits per heavy atom. The minimum absolute atomic E-state index is 0.145. The summed E-state index contributed by atoms with van der Waals surface area (Å²) >= 11 is 5.86. The molecule has 2 nitrogen and oxygen atoms in total. The predicted molar refractivity (Wildman–Crippen MR) is 83.7 cm³/mol. The van der Waals surface area contributed by atoms with Crippen LogP contribution in [-0.2, 0) is 11.3 Å². The molecular weight excluding hydrogens is 270 g/mol. The molecule has 2 aromatic rings. The van der Waals surface area contributed by atoms with Gasteiger partial charge in [-0.3, -0.25) is 0 Å². The molecule has 1 aromatic heterocycles. The minimum atomic E-state index is 0.145. The van der Waals surface area contributed by atoms with E-state index in [1.807, 2.05) is 31.2 Å². The molecule has 20 heavy (non-hydrogen) atoms. The lowest BCUT2D eigenvalue weighted by Crippen LogP contribution is -2.10. The van der Waals surface area contributed by atoms with Crippen LogP contribution in [0.4, 0.5) is 0 Å². The summed E-state index contributed by atoms with van der Waals surface area (Å²) in [5.74, 6) is 1.84. The Labute approximate surface area is 125 Å². The molecule has 0 aliphatic carbocycles. The summed E-state index contributed by atoms with van der Waals surface area (Å²) in [6.07, 6.45) is 0. The number of hydrogen-bond donors (Lipinski definition) is 0. The van der Waals surface area contributed by atoms with E-state index in [0.29, 0.717) is 11.8 Å². The fourth-order valence-electron chi connectivity index (χ4n) is 1.98. The normalized spacial score (nSPS) is 11.4. The number of aryl methyl sites for hydroxylation is 1. The number of halogens is 1. The fraction of sp³-hybridized carbons (Fsp3) is 0.353. The quantitative estimate of drug-likeness (QED) is 0.723. The maximum absolute atomic E-state index is 5.86. The smallest absolute Gasteiger partial charge is 0.219 e. The first kappa shape index (κ1) is 14.9. The van der Waals surface area contributed by atoms with Crippen molar-refractivity contribution in [3.8, 4) is 11.6 Å². The zero-order valence-electron chi connectivity index (χ0n) is 12.4. The van der Waals surface area contributed by atoms with Gasteiger partial charge in [0.2, 0.25) is 5.88 Å².